The first-order valence-electron chi connectivity index (χ1n) is 10.3. The highest BCUT2D eigenvalue weighted by molar-refractivity contribution is 5.67. The highest BCUT2D eigenvalue weighted by Crippen LogP contribution is 2.46. The van der Waals surface area contributed by atoms with Gasteiger partial charge in [0, 0.05) is 13.1 Å². The van der Waals surface area contributed by atoms with Crippen LogP contribution in [0, 0.1) is 17.8 Å². The van der Waals surface area contributed by atoms with Gasteiger partial charge in [0.1, 0.15) is 12.1 Å². The number of nitrogens with zero attached hydrogens (tertiary/aromatic N) is 2. The Morgan fingerprint density at radius 2 is 2.04 bits per heavy atom. The van der Waals surface area contributed by atoms with Gasteiger partial charge in [-0.25, -0.2) is 15.6 Å². The number of likely N-dealkylation sites (tertiary alicyclic amines) is 1. The van der Waals surface area contributed by atoms with Crippen molar-refractivity contribution < 1.29 is 14.3 Å². The van der Waals surface area contributed by atoms with E-state index in [0.29, 0.717) is 6.61 Å². The Hall–Kier alpha value is -2.28. The molecule has 2 fully saturated rings. The van der Waals surface area contributed by atoms with E-state index in [0.717, 1.165) is 68.1 Å². The Balaban J connectivity index is 1.28. The summed E-state index contributed by atoms with van der Waals surface area (Å²) in [5.41, 5.74) is 3.22. The molecule has 154 valence electrons. The van der Waals surface area contributed by atoms with Crippen LogP contribution in [0.25, 0.3) is 0 Å². The standard InChI is InChI=1S/C21H32N4O3/c1-2-27-21(26)25-10-7-16(8-11-25)13-18-14-17(18)9-12-28-20-5-3-19(4-6-20)23-15-24-22/h3-6,15-18H,2,7-14,22H2,1H3,(H,23,24)/t17-,18+/m1/s1. The molecule has 1 saturated heterocycles. The van der Waals surface area contributed by atoms with Gasteiger partial charge in [-0.05, 0) is 81.0 Å². The largest absolute Gasteiger partial charge is 0.494 e. The van der Waals surface area contributed by atoms with E-state index >= 15 is 0 Å². The second kappa shape index (κ2) is 10.3. The molecule has 1 heterocycles. The maximum atomic E-state index is 11.8. The van der Waals surface area contributed by atoms with E-state index < -0.39 is 0 Å². The van der Waals surface area contributed by atoms with Crippen molar-refractivity contribution in [3.8, 4) is 5.75 Å². The molecule has 28 heavy (non-hydrogen) atoms. The number of carbonyl (C=O) groups excluding carboxylic acids is 1. The van der Waals surface area contributed by atoms with Gasteiger partial charge in [-0.15, -0.1) is 0 Å². The molecule has 1 aromatic rings. The predicted molar refractivity (Wildman–Crippen MR) is 110 cm³/mol. The van der Waals surface area contributed by atoms with Crippen LogP contribution in [-0.2, 0) is 4.74 Å². The fraction of sp³-hybridized carbons (Fsp3) is 0.619. The van der Waals surface area contributed by atoms with E-state index in [1.807, 2.05) is 36.1 Å². The van der Waals surface area contributed by atoms with Crippen molar-refractivity contribution in [3.63, 3.8) is 0 Å². The van der Waals surface area contributed by atoms with Crippen molar-refractivity contribution in [2.75, 3.05) is 26.3 Å². The van der Waals surface area contributed by atoms with Gasteiger partial charge in [0.25, 0.3) is 0 Å². The topological polar surface area (TPSA) is 89.2 Å². The van der Waals surface area contributed by atoms with Gasteiger partial charge in [-0.2, -0.15) is 0 Å². The zero-order valence-electron chi connectivity index (χ0n) is 16.7. The number of hydrogen-bond donors (Lipinski definition) is 2. The van der Waals surface area contributed by atoms with Gasteiger partial charge in [-0.1, -0.05) is 0 Å². The van der Waals surface area contributed by atoms with Crippen molar-refractivity contribution >= 4 is 18.1 Å². The van der Waals surface area contributed by atoms with Gasteiger partial charge in [0.15, 0.2) is 0 Å². The normalized spacial score (nSPS) is 22.3. The number of rotatable bonds is 9. The van der Waals surface area contributed by atoms with Crippen LogP contribution in [-0.4, -0.2) is 43.6 Å². The van der Waals surface area contributed by atoms with Crippen LogP contribution in [0.4, 0.5) is 10.5 Å². The van der Waals surface area contributed by atoms with Crippen molar-refractivity contribution in [1.29, 1.82) is 0 Å². The third kappa shape index (κ3) is 6.12. The Morgan fingerprint density at radius 3 is 2.71 bits per heavy atom. The first-order valence-corrected chi connectivity index (χ1v) is 10.3. The van der Waals surface area contributed by atoms with E-state index in [1.54, 1.807) is 0 Å². The predicted octanol–water partition coefficient (Wildman–Crippen LogP) is 3.47. The Kier molecular flexibility index (Phi) is 7.54. The number of aliphatic imine (C=N–C) groups is 1. The summed E-state index contributed by atoms with van der Waals surface area (Å²) in [6.07, 6.45) is 7.23. The minimum absolute atomic E-state index is 0.154. The van der Waals surface area contributed by atoms with Crippen molar-refractivity contribution in [3.05, 3.63) is 24.3 Å². The smallest absolute Gasteiger partial charge is 0.409 e. The van der Waals surface area contributed by atoms with Gasteiger partial charge in [-0.3, -0.25) is 0 Å². The van der Waals surface area contributed by atoms with E-state index in [4.69, 9.17) is 15.3 Å². The SMILES string of the molecule is CCOC(=O)N1CCC(C[C@H]2C[C@H]2CCOc2ccc(N=CNN)cc2)CC1. The Labute approximate surface area is 167 Å². The maximum absolute atomic E-state index is 11.8. The van der Waals surface area contributed by atoms with Crippen LogP contribution in [0.3, 0.4) is 0 Å². The number of hydrogen-bond acceptors (Lipinski definition) is 5. The third-order valence-corrected chi connectivity index (χ3v) is 5.73. The third-order valence-electron chi connectivity index (χ3n) is 5.73. The summed E-state index contributed by atoms with van der Waals surface area (Å²) in [6, 6.07) is 7.69. The molecule has 0 aromatic heterocycles. The van der Waals surface area contributed by atoms with E-state index in [1.165, 1.54) is 19.2 Å². The fourth-order valence-corrected chi connectivity index (χ4v) is 4.02. The van der Waals surface area contributed by atoms with Crippen molar-refractivity contribution in [1.82, 2.24) is 10.3 Å². The second-order valence-electron chi connectivity index (χ2n) is 7.68. The molecule has 7 heteroatoms. The molecule has 3 N–H and O–H groups in total. The molecule has 3 rings (SSSR count). The molecular weight excluding hydrogens is 356 g/mol. The van der Waals surface area contributed by atoms with Gasteiger partial charge < -0.3 is 19.8 Å². The molecule has 1 aliphatic carbocycles. The van der Waals surface area contributed by atoms with Gasteiger partial charge in [0.2, 0.25) is 0 Å². The fourth-order valence-electron chi connectivity index (χ4n) is 4.02. The molecule has 2 atom stereocenters. The lowest BCUT2D eigenvalue weighted by Crippen LogP contribution is -2.38. The number of amides is 1. The van der Waals surface area contributed by atoms with Gasteiger partial charge >= 0.3 is 6.09 Å². The molecule has 1 saturated carbocycles. The second-order valence-corrected chi connectivity index (χ2v) is 7.68. The molecule has 0 spiro atoms. The minimum atomic E-state index is -0.154. The number of benzene rings is 1. The molecule has 0 radical (unpaired) electrons. The average Bonchev–Trinajstić information content (AvgIpc) is 3.45. The summed E-state index contributed by atoms with van der Waals surface area (Å²) < 4.78 is 11.0. The number of ether oxygens (including phenoxy) is 2. The lowest BCUT2D eigenvalue weighted by Gasteiger charge is -2.31. The number of nitrogens with two attached hydrogens (primary N) is 1. The number of nitrogens with one attached hydrogen (secondary N) is 1. The Bertz CT molecular complexity index is 642. The zero-order chi connectivity index (χ0) is 19.8. The minimum Gasteiger partial charge on any atom is -0.494 e. The number of piperidine rings is 1. The van der Waals surface area contributed by atoms with Crippen molar-refractivity contribution in [2.24, 2.45) is 28.6 Å². The molecule has 0 unspecified atom stereocenters. The summed E-state index contributed by atoms with van der Waals surface area (Å²) in [6.45, 7) is 4.74. The van der Waals surface area contributed by atoms with Crippen LogP contribution in [0.5, 0.6) is 5.75 Å². The lowest BCUT2D eigenvalue weighted by molar-refractivity contribution is 0.0901. The number of carbonyl (C=O) groups is 1. The summed E-state index contributed by atoms with van der Waals surface area (Å²) in [5.74, 6) is 8.42. The van der Waals surface area contributed by atoms with Crippen LogP contribution in [0.2, 0.25) is 0 Å². The molecule has 1 aliphatic heterocycles. The van der Waals surface area contributed by atoms with Gasteiger partial charge in [0.05, 0.1) is 18.9 Å². The molecule has 2 aliphatic rings. The highest BCUT2D eigenvalue weighted by atomic mass is 16.6. The quantitative estimate of drug-likeness (QED) is 0.293. The summed E-state index contributed by atoms with van der Waals surface area (Å²) in [7, 11) is 0. The van der Waals surface area contributed by atoms with Crippen LogP contribution in [0.15, 0.2) is 29.3 Å². The van der Waals surface area contributed by atoms with E-state index in [9.17, 15) is 4.79 Å². The monoisotopic (exact) mass is 388 g/mol. The molecule has 0 bridgehead atoms. The van der Waals surface area contributed by atoms with Crippen LogP contribution < -0.4 is 16.0 Å². The maximum Gasteiger partial charge on any atom is 0.409 e. The summed E-state index contributed by atoms with van der Waals surface area (Å²) >= 11 is 0. The summed E-state index contributed by atoms with van der Waals surface area (Å²) in [5, 5.41) is 0. The molecule has 1 aromatic carbocycles. The summed E-state index contributed by atoms with van der Waals surface area (Å²) in [4.78, 5) is 17.7. The average molecular weight is 389 g/mol. The first kappa shape index (κ1) is 20.5. The first-order chi connectivity index (χ1) is 13.7. The highest BCUT2D eigenvalue weighted by Gasteiger charge is 2.38. The van der Waals surface area contributed by atoms with E-state index in [-0.39, 0.29) is 6.09 Å². The van der Waals surface area contributed by atoms with Crippen molar-refractivity contribution in [2.45, 2.75) is 39.0 Å². The van der Waals surface area contributed by atoms with E-state index in [2.05, 4.69) is 10.4 Å². The molecule has 1 amide bonds. The van der Waals surface area contributed by atoms with Crippen LogP contribution in [0.1, 0.15) is 39.0 Å². The molecular formula is C21H32N4O3. The zero-order valence-corrected chi connectivity index (χ0v) is 16.7. The Morgan fingerprint density at radius 1 is 1.29 bits per heavy atom. The molecule has 7 nitrogen and oxygen atoms in total. The lowest BCUT2D eigenvalue weighted by atomic mass is 9.91. The number of hydrazine groups is 1. The van der Waals surface area contributed by atoms with Crippen LogP contribution >= 0.6 is 0 Å².